The maximum absolute atomic E-state index is 10.3. The number of H-pyrrole nitrogens is 1. The van der Waals surface area contributed by atoms with E-state index >= 15 is 0 Å². The van der Waals surface area contributed by atoms with Gasteiger partial charge in [-0.1, -0.05) is 18.2 Å². The molecule has 15 heteroatoms. The molecule has 0 saturated heterocycles. The number of nitrogens with one attached hydrogen (secondary N) is 1. The number of imidazole rings is 1. The zero-order valence-electron chi connectivity index (χ0n) is 24.3. The molecule has 0 atom stereocenters. The fourth-order valence-corrected chi connectivity index (χ4v) is 2.63. The monoisotopic (exact) mass is 607 g/mol. The van der Waals surface area contributed by atoms with Gasteiger partial charge in [-0.15, -0.1) is 0 Å². The molecule has 0 aliphatic carbocycles. The van der Waals surface area contributed by atoms with E-state index in [0.29, 0.717) is 29.4 Å². The van der Waals surface area contributed by atoms with Gasteiger partial charge in [-0.05, 0) is 44.2 Å². The van der Waals surface area contributed by atoms with Gasteiger partial charge in [0.2, 0.25) is 0 Å². The largest absolute Gasteiger partial charge is 0.499 e. The third-order valence-electron chi connectivity index (χ3n) is 4.68. The number of ether oxygens (including phenoxy) is 1. The number of aromatic amines is 1. The number of nitro benzene ring substituents is 1. The number of nitrogens with zero attached hydrogens (tertiary/aromatic N) is 7. The number of nitrogen functional groups attached to an aromatic ring is 3. The molecule has 228 valence electrons. The summed E-state index contributed by atoms with van der Waals surface area (Å²) in [5, 5.41) is 34.1. The summed E-state index contributed by atoms with van der Waals surface area (Å²) in [5.41, 5.74) is 20.2. The summed E-state index contributed by atoms with van der Waals surface area (Å²) < 4.78 is 4.67. The Morgan fingerprint density at radius 1 is 0.956 bits per heavy atom. The lowest BCUT2D eigenvalue weighted by atomic mass is 10.2. The first kappa shape index (κ1) is 37.9. The lowest BCUT2D eigenvalue weighted by molar-refractivity contribution is -0.383. The normalized spacial score (nSPS) is 8.40. The number of aliphatic hydroxyl groups excluding tert-OH is 1. The van der Waals surface area contributed by atoms with Crippen LogP contribution in [0.1, 0.15) is 13.8 Å². The smallest absolute Gasteiger partial charge is 0.281 e. The Kier molecular flexibility index (Phi) is 18.2. The van der Waals surface area contributed by atoms with Gasteiger partial charge >= 0.3 is 0 Å². The molecule has 15 nitrogen and oxygen atoms in total. The topological polar surface area (TPSA) is 240 Å². The van der Waals surface area contributed by atoms with Crippen molar-refractivity contribution in [1.82, 2.24) is 9.97 Å². The van der Waals surface area contributed by atoms with Crippen LogP contribution in [0.3, 0.4) is 0 Å². The highest BCUT2D eigenvalue weighted by atomic mass is 16.6. The number of aliphatic hydroxyl groups is 1. The van der Waals surface area contributed by atoms with Crippen LogP contribution in [0.4, 0.5) is 39.8 Å². The molecule has 0 spiro atoms. The fourth-order valence-electron chi connectivity index (χ4n) is 2.63. The number of benzene rings is 3. The van der Waals surface area contributed by atoms with E-state index in [1.54, 1.807) is 62.6 Å². The van der Waals surface area contributed by atoms with Gasteiger partial charge in [0.1, 0.15) is 24.1 Å². The van der Waals surface area contributed by atoms with Crippen LogP contribution in [0.5, 0.6) is 0 Å². The maximum Gasteiger partial charge on any atom is 0.281 e. The second-order valence-electron chi connectivity index (χ2n) is 7.78. The molecule has 0 aliphatic rings. The molecule has 0 saturated carbocycles. The van der Waals surface area contributed by atoms with Crippen molar-refractivity contribution in [3.05, 3.63) is 117 Å². The molecular weight excluding hydrogens is 578 g/mol. The van der Waals surface area contributed by atoms with Crippen molar-refractivity contribution < 1.29 is 14.8 Å². The molecule has 4 rings (SSSR count). The highest BCUT2D eigenvalue weighted by Crippen LogP contribution is 2.26. The number of anilines is 3. The molecule has 0 radical (unpaired) electrons. The summed E-state index contributed by atoms with van der Waals surface area (Å²) in [4.78, 5) is 26.2. The van der Waals surface area contributed by atoms with E-state index in [-0.39, 0.29) is 29.2 Å². The van der Waals surface area contributed by atoms with E-state index in [0.717, 1.165) is 23.4 Å². The summed E-state index contributed by atoms with van der Waals surface area (Å²) in [6.45, 7) is 24.2. The molecular formula is C30H29N11O4. The minimum absolute atomic E-state index is 0.00292. The van der Waals surface area contributed by atoms with Gasteiger partial charge in [0.25, 0.3) is 5.69 Å². The van der Waals surface area contributed by atoms with Crippen LogP contribution in [0.2, 0.25) is 0 Å². The highest BCUT2D eigenvalue weighted by Gasteiger charge is 2.10. The number of allylic oxidation sites excluding steroid dienone is 1. The van der Waals surface area contributed by atoms with Gasteiger partial charge in [-0.25, -0.2) is 19.5 Å². The highest BCUT2D eigenvalue weighted by molar-refractivity contribution is 5.78. The van der Waals surface area contributed by atoms with Crippen molar-refractivity contribution in [3.63, 3.8) is 0 Å². The van der Waals surface area contributed by atoms with E-state index in [9.17, 15) is 10.1 Å². The Morgan fingerprint density at radius 2 is 1.47 bits per heavy atom. The van der Waals surface area contributed by atoms with Gasteiger partial charge in [0, 0.05) is 18.4 Å². The van der Waals surface area contributed by atoms with Crippen LogP contribution in [0, 0.1) is 52.5 Å². The number of fused-ring (bicyclic) bond motifs is 1. The molecule has 8 N–H and O–H groups in total. The number of aromatic nitrogens is 2. The Bertz CT molecular complexity index is 1780. The van der Waals surface area contributed by atoms with Crippen molar-refractivity contribution in [3.8, 4) is 12.1 Å². The molecule has 1 aromatic heterocycles. The number of nitriles is 2. The van der Waals surface area contributed by atoms with Crippen LogP contribution in [0.15, 0.2) is 72.8 Å². The van der Waals surface area contributed by atoms with Crippen molar-refractivity contribution in [2.45, 2.75) is 13.8 Å². The first-order valence-corrected chi connectivity index (χ1v) is 12.5. The first-order valence-electron chi connectivity index (χ1n) is 12.5. The average Bonchev–Trinajstić information content (AvgIpc) is 3.52. The van der Waals surface area contributed by atoms with Crippen molar-refractivity contribution >= 4 is 50.8 Å². The summed E-state index contributed by atoms with van der Waals surface area (Å²) >= 11 is 0. The molecule has 1 heterocycles. The van der Waals surface area contributed by atoms with Gasteiger partial charge in [0.15, 0.2) is 22.6 Å². The third-order valence-corrected chi connectivity index (χ3v) is 4.68. The SMILES string of the molecule is CCO.CCOC=C(C#N)C#N.[C-]#[N+]c1ccc(N)c(N)c1.[C-]#[N+]c1ccc(N)c([N+](=O)[O-])c1.[C-]#[N+]c1ccc2nc[nH]c2c1. The van der Waals surface area contributed by atoms with E-state index in [2.05, 4.69) is 29.2 Å². The zero-order valence-corrected chi connectivity index (χ0v) is 24.3. The molecule has 4 aromatic rings. The van der Waals surface area contributed by atoms with E-state index < -0.39 is 4.92 Å². The number of nitrogens with two attached hydrogens (primary N) is 3. The molecule has 45 heavy (non-hydrogen) atoms. The predicted octanol–water partition coefficient (Wildman–Crippen LogP) is 6.20. The van der Waals surface area contributed by atoms with Crippen LogP contribution in [0.25, 0.3) is 25.6 Å². The lowest BCUT2D eigenvalue weighted by Gasteiger charge is -1.97. The van der Waals surface area contributed by atoms with Crippen LogP contribution >= 0.6 is 0 Å². The lowest BCUT2D eigenvalue weighted by Crippen LogP contribution is -1.94. The summed E-state index contributed by atoms with van der Waals surface area (Å²) in [7, 11) is 0. The van der Waals surface area contributed by atoms with E-state index in [1.165, 1.54) is 12.1 Å². The van der Waals surface area contributed by atoms with E-state index in [1.807, 2.05) is 6.07 Å². The fraction of sp³-hybridized carbons (Fsp3) is 0.133. The van der Waals surface area contributed by atoms with Gasteiger partial charge < -0.3 is 32.0 Å². The number of hydrogen-bond donors (Lipinski definition) is 5. The Hall–Kier alpha value is -7.12. The van der Waals surface area contributed by atoms with Crippen molar-refractivity contribution in [2.75, 3.05) is 30.4 Å². The molecule has 0 unspecified atom stereocenters. The zero-order chi connectivity index (χ0) is 34.2. The number of nitro groups is 1. The maximum atomic E-state index is 10.3. The molecule has 0 amide bonds. The Morgan fingerprint density at radius 3 is 1.96 bits per heavy atom. The first-order chi connectivity index (χ1) is 21.5. The van der Waals surface area contributed by atoms with Gasteiger partial charge in [-0.3, -0.25) is 10.1 Å². The third kappa shape index (κ3) is 14.4. The quantitative estimate of drug-likeness (QED) is 0.0441. The summed E-state index contributed by atoms with van der Waals surface area (Å²) in [6.07, 6.45) is 2.78. The predicted molar refractivity (Wildman–Crippen MR) is 171 cm³/mol. The molecule has 0 bridgehead atoms. The van der Waals surface area contributed by atoms with Crippen LogP contribution < -0.4 is 17.2 Å². The summed E-state index contributed by atoms with van der Waals surface area (Å²) in [5.74, 6) is 0. The molecule has 3 aromatic carbocycles. The Labute approximate surface area is 259 Å². The summed E-state index contributed by atoms with van der Waals surface area (Å²) in [6, 6.07) is 17.5. The Balaban J connectivity index is 0.000000560. The van der Waals surface area contributed by atoms with E-state index in [4.69, 9.17) is 52.5 Å². The molecule has 0 aliphatic heterocycles. The standard InChI is InChI=1S/C8H5N3.C7H5N3O2.C7H7N3.C6H6N2O.C2H6O/c1-9-6-2-3-7-8(4-6)11-5-10-7;1-9-5-2-3-6(8)7(4-5)10(11)12;1-10-5-2-3-6(8)7(9)4-5;1-2-9-5-6(3-7)4-8;1-2-3/h2-5H,(H,10,11);2-4H,8H2;2-4H,8-9H2;5H,2H2,1H3;3H,2H2,1H3. The van der Waals surface area contributed by atoms with Gasteiger partial charge in [-0.2, -0.15) is 10.5 Å². The van der Waals surface area contributed by atoms with Crippen molar-refractivity contribution in [1.29, 1.82) is 10.5 Å². The van der Waals surface area contributed by atoms with Crippen molar-refractivity contribution in [2.24, 2.45) is 0 Å². The number of hydrogen-bond acceptors (Lipinski definition) is 10. The number of rotatable bonds is 3. The second kappa shape index (κ2) is 21.6. The molecule has 0 fully saturated rings. The second-order valence-corrected chi connectivity index (χ2v) is 7.78. The van der Waals surface area contributed by atoms with Gasteiger partial charge in [0.05, 0.1) is 54.3 Å². The minimum atomic E-state index is -0.607. The van der Waals surface area contributed by atoms with Crippen LogP contribution in [-0.4, -0.2) is 33.2 Å². The minimum Gasteiger partial charge on any atom is -0.499 e. The van der Waals surface area contributed by atoms with Crippen LogP contribution in [-0.2, 0) is 4.74 Å². The average molecular weight is 608 g/mol.